The van der Waals surface area contributed by atoms with Gasteiger partial charge in [-0.25, -0.2) is 24.3 Å². The molecule has 2 rings (SSSR count). The third kappa shape index (κ3) is 1.88. The molecule has 0 saturated carbocycles. The minimum absolute atomic E-state index is 0.190. The van der Waals surface area contributed by atoms with E-state index in [1.165, 1.54) is 18.7 Å². The minimum Gasteiger partial charge on any atom is -0.357 e. The van der Waals surface area contributed by atoms with Crippen molar-refractivity contribution in [2.45, 2.75) is 0 Å². The molecule has 2 aromatic heterocycles. The topological polar surface area (TPSA) is 63.6 Å². The number of nitrogens with one attached hydrogen (secondary N) is 1. The van der Waals surface area contributed by atoms with E-state index in [1.807, 2.05) is 0 Å². The molecule has 76 valence electrons. The summed E-state index contributed by atoms with van der Waals surface area (Å²) in [5.74, 6) is -0.140. The van der Waals surface area contributed by atoms with Crippen molar-refractivity contribution in [2.24, 2.45) is 0 Å². The molecule has 2 aromatic rings. The van der Waals surface area contributed by atoms with Crippen molar-refractivity contribution in [3.8, 4) is 11.3 Å². The van der Waals surface area contributed by atoms with Crippen LogP contribution in [0.1, 0.15) is 0 Å². The van der Waals surface area contributed by atoms with Gasteiger partial charge in [-0.3, -0.25) is 0 Å². The van der Waals surface area contributed by atoms with Gasteiger partial charge in [0, 0.05) is 25.0 Å². The van der Waals surface area contributed by atoms with Gasteiger partial charge in [0.2, 0.25) is 5.95 Å². The Balaban J connectivity index is 2.52. The summed E-state index contributed by atoms with van der Waals surface area (Å²) in [7, 11) is 1.67. The minimum atomic E-state index is -0.496. The third-order valence-electron chi connectivity index (χ3n) is 1.80. The van der Waals surface area contributed by atoms with E-state index in [-0.39, 0.29) is 5.69 Å². The first-order valence-corrected chi connectivity index (χ1v) is 4.27. The number of halogens is 1. The van der Waals surface area contributed by atoms with Crippen molar-refractivity contribution < 1.29 is 4.39 Å². The lowest BCUT2D eigenvalue weighted by atomic mass is 10.2. The van der Waals surface area contributed by atoms with Crippen LogP contribution in [0.3, 0.4) is 0 Å². The molecule has 0 saturated heterocycles. The Morgan fingerprint density at radius 1 is 1.20 bits per heavy atom. The number of hydrogen-bond acceptors (Lipinski definition) is 5. The van der Waals surface area contributed by atoms with Crippen molar-refractivity contribution >= 4 is 5.95 Å². The molecule has 2 heterocycles. The molecule has 0 aromatic carbocycles. The fourth-order valence-corrected chi connectivity index (χ4v) is 1.11. The monoisotopic (exact) mass is 205 g/mol. The summed E-state index contributed by atoms with van der Waals surface area (Å²) in [5.41, 5.74) is 0.712. The van der Waals surface area contributed by atoms with E-state index < -0.39 is 5.82 Å². The van der Waals surface area contributed by atoms with Gasteiger partial charge in [0.15, 0.2) is 5.82 Å². The van der Waals surface area contributed by atoms with Crippen LogP contribution in [-0.2, 0) is 0 Å². The van der Waals surface area contributed by atoms with Crippen LogP contribution in [0.25, 0.3) is 11.3 Å². The molecule has 0 radical (unpaired) electrons. The molecule has 6 heteroatoms. The van der Waals surface area contributed by atoms with E-state index in [4.69, 9.17) is 0 Å². The Morgan fingerprint density at radius 3 is 2.60 bits per heavy atom. The molecule has 15 heavy (non-hydrogen) atoms. The first-order chi connectivity index (χ1) is 7.31. The van der Waals surface area contributed by atoms with Gasteiger partial charge in [0.1, 0.15) is 12.0 Å². The highest BCUT2D eigenvalue weighted by Crippen LogP contribution is 2.18. The van der Waals surface area contributed by atoms with Crippen LogP contribution in [0.4, 0.5) is 10.3 Å². The predicted molar refractivity (Wildman–Crippen MR) is 52.6 cm³/mol. The first kappa shape index (κ1) is 9.45. The second-order valence-electron chi connectivity index (χ2n) is 2.77. The van der Waals surface area contributed by atoms with Crippen molar-refractivity contribution in [2.75, 3.05) is 12.4 Å². The summed E-state index contributed by atoms with van der Waals surface area (Å²) in [5, 5.41) is 2.73. The number of rotatable bonds is 2. The molecule has 0 bridgehead atoms. The molecule has 0 fully saturated rings. The zero-order valence-electron chi connectivity index (χ0n) is 7.98. The largest absolute Gasteiger partial charge is 0.357 e. The maximum absolute atomic E-state index is 13.4. The predicted octanol–water partition coefficient (Wildman–Crippen LogP) is 1.11. The number of hydrogen-bond donors (Lipinski definition) is 1. The van der Waals surface area contributed by atoms with Gasteiger partial charge in [-0.15, -0.1) is 0 Å². The number of anilines is 1. The van der Waals surface area contributed by atoms with E-state index in [1.54, 1.807) is 7.05 Å². The Morgan fingerprint density at radius 2 is 1.93 bits per heavy atom. The van der Waals surface area contributed by atoms with Gasteiger partial charge < -0.3 is 5.32 Å². The van der Waals surface area contributed by atoms with Gasteiger partial charge in [-0.1, -0.05) is 0 Å². The molecule has 1 N–H and O–H groups in total. The van der Waals surface area contributed by atoms with Gasteiger partial charge >= 0.3 is 0 Å². The van der Waals surface area contributed by atoms with E-state index in [0.717, 1.165) is 6.20 Å². The van der Waals surface area contributed by atoms with Crippen LogP contribution in [0.15, 0.2) is 24.9 Å². The summed E-state index contributed by atoms with van der Waals surface area (Å²) >= 11 is 0. The second kappa shape index (κ2) is 3.95. The summed E-state index contributed by atoms with van der Waals surface area (Å²) in [6.45, 7) is 0. The zero-order valence-corrected chi connectivity index (χ0v) is 7.98. The summed E-state index contributed by atoms with van der Waals surface area (Å²) in [6.07, 6.45) is 5.48. The highest BCUT2D eigenvalue weighted by Gasteiger charge is 2.08. The van der Waals surface area contributed by atoms with E-state index in [9.17, 15) is 4.39 Å². The van der Waals surface area contributed by atoms with Crippen molar-refractivity contribution in [1.29, 1.82) is 0 Å². The molecule has 5 nitrogen and oxygen atoms in total. The Bertz CT molecular complexity index is 459. The standard InChI is InChI=1S/C9H8FN5/c1-11-9-14-4-7(10)8(15-9)6-2-12-5-13-3-6/h2-5H,1H3,(H,11,14,15). The lowest BCUT2D eigenvalue weighted by molar-refractivity contribution is 0.618. The molecule has 0 aliphatic heterocycles. The lowest BCUT2D eigenvalue weighted by Crippen LogP contribution is -2.00. The van der Waals surface area contributed by atoms with Crippen LogP contribution in [0.2, 0.25) is 0 Å². The quantitative estimate of drug-likeness (QED) is 0.795. The molecular formula is C9H8FN5. The molecule has 0 spiro atoms. The van der Waals surface area contributed by atoms with Crippen molar-refractivity contribution in [3.05, 3.63) is 30.7 Å². The molecule has 0 atom stereocenters. The van der Waals surface area contributed by atoms with Crippen LogP contribution in [0, 0.1) is 5.82 Å². The van der Waals surface area contributed by atoms with E-state index in [2.05, 4.69) is 25.3 Å². The van der Waals surface area contributed by atoms with Crippen LogP contribution < -0.4 is 5.32 Å². The molecule has 0 unspecified atom stereocenters. The lowest BCUT2D eigenvalue weighted by Gasteiger charge is -2.03. The van der Waals surface area contributed by atoms with E-state index >= 15 is 0 Å². The highest BCUT2D eigenvalue weighted by atomic mass is 19.1. The maximum atomic E-state index is 13.4. The molecule has 0 aliphatic rings. The summed E-state index contributed by atoms with van der Waals surface area (Å²) in [6, 6.07) is 0. The fraction of sp³-hybridized carbons (Fsp3) is 0.111. The summed E-state index contributed by atoms with van der Waals surface area (Å²) < 4.78 is 13.4. The Labute approximate surface area is 85.4 Å². The number of nitrogens with zero attached hydrogens (tertiary/aromatic N) is 4. The van der Waals surface area contributed by atoms with Crippen LogP contribution >= 0.6 is 0 Å². The van der Waals surface area contributed by atoms with Gasteiger partial charge in [0.05, 0.1) is 6.20 Å². The first-order valence-electron chi connectivity index (χ1n) is 4.27. The molecular weight excluding hydrogens is 197 g/mol. The summed E-state index contributed by atoms with van der Waals surface area (Å²) in [4.78, 5) is 15.3. The van der Waals surface area contributed by atoms with Gasteiger partial charge in [0.25, 0.3) is 0 Å². The van der Waals surface area contributed by atoms with Gasteiger partial charge in [-0.2, -0.15) is 0 Å². The molecule has 0 amide bonds. The smallest absolute Gasteiger partial charge is 0.223 e. The average molecular weight is 205 g/mol. The number of aromatic nitrogens is 4. The Kier molecular flexibility index (Phi) is 2.49. The van der Waals surface area contributed by atoms with E-state index in [0.29, 0.717) is 11.5 Å². The highest BCUT2D eigenvalue weighted by molar-refractivity contribution is 5.58. The molecule has 0 aliphatic carbocycles. The second-order valence-corrected chi connectivity index (χ2v) is 2.77. The SMILES string of the molecule is CNc1ncc(F)c(-c2cncnc2)n1. The van der Waals surface area contributed by atoms with Crippen LogP contribution in [0.5, 0.6) is 0 Å². The fourth-order valence-electron chi connectivity index (χ4n) is 1.11. The maximum Gasteiger partial charge on any atom is 0.223 e. The Hall–Kier alpha value is -2.11. The zero-order chi connectivity index (χ0) is 10.7. The van der Waals surface area contributed by atoms with Gasteiger partial charge in [-0.05, 0) is 0 Å². The normalized spacial score (nSPS) is 10.0. The van der Waals surface area contributed by atoms with Crippen molar-refractivity contribution in [3.63, 3.8) is 0 Å². The average Bonchev–Trinajstić information content (AvgIpc) is 2.31. The third-order valence-corrected chi connectivity index (χ3v) is 1.80. The van der Waals surface area contributed by atoms with Crippen molar-refractivity contribution in [1.82, 2.24) is 19.9 Å². The van der Waals surface area contributed by atoms with Crippen LogP contribution in [-0.4, -0.2) is 27.0 Å².